The lowest BCUT2D eigenvalue weighted by Crippen LogP contribution is -2.27. The standard InChI is InChI=1S/C11H14BrF3N2O2S/c1-2-16-5-6-20(18,19)17-10-4-3-8(12)7-9(10)11(13,14)15/h3-4,7,16-17H,2,5-6H2,1H3. The van der Waals surface area contributed by atoms with E-state index in [4.69, 9.17) is 0 Å². The highest BCUT2D eigenvalue weighted by atomic mass is 79.9. The Morgan fingerprint density at radius 1 is 1.30 bits per heavy atom. The third-order valence-corrected chi connectivity index (χ3v) is 4.12. The summed E-state index contributed by atoms with van der Waals surface area (Å²) >= 11 is 2.93. The molecule has 0 aliphatic carbocycles. The number of nitrogens with one attached hydrogen (secondary N) is 2. The van der Waals surface area contributed by atoms with Gasteiger partial charge in [-0.05, 0) is 24.7 Å². The van der Waals surface area contributed by atoms with Gasteiger partial charge in [0, 0.05) is 11.0 Å². The van der Waals surface area contributed by atoms with Gasteiger partial charge >= 0.3 is 6.18 Å². The maximum Gasteiger partial charge on any atom is 0.418 e. The van der Waals surface area contributed by atoms with Gasteiger partial charge in [0.15, 0.2) is 0 Å². The van der Waals surface area contributed by atoms with Crippen molar-refractivity contribution in [3.05, 3.63) is 28.2 Å². The number of sulfonamides is 1. The van der Waals surface area contributed by atoms with Crippen molar-refractivity contribution in [1.29, 1.82) is 0 Å². The number of hydrogen-bond donors (Lipinski definition) is 2. The van der Waals surface area contributed by atoms with E-state index in [0.717, 1.165) is 12.1 Å². The van der Waals surface area contributed by atoms with Crippen molar-refractivity contribution >= 4 is 31.6 Å². The number of benzene rings is 1. The van der Waals surface area contributed by atoms with Gasteiger partial charge in [0.05, 0.1) is 17.0 Å². The number of halogens is 4. The zero-order valence-corrected chi connectivity index (χ0v) is 13.0. The molecular weight excluding hydrogens is 361 g/mol. The fourth-order valence-corrected chi connectivity index (χ4v) is 2.83. The average Bonchev–Trinajstić information content (AvgIpc) is 2.30. The summed E-state index contributed by atoms with van der Waals surface area (Å²) in [4.78, 5) is 0. The monoisotopic (exact) mass is 374 g/mol. The van der Waals surface area contributed by atoms with Crippen LogP contribution in [-0.2, 0) is 16.2 Å². The second-order valence-corrected chi connectivity index (χ2v) is 6.72. The number of rotatable bonds is 6. The highest BCUT2D eigenvalue weighted by Gasteiger charge is 2.34. The molecule has 0 radical (unpaired) electrons. The maximum atomic E-state index is 12.8. The van der Waals surface area contributed by atoms with Crippen molar-refractivity contribution < 1.29 is 21.6 Å². The summed E-state index contributed by atoms with van der Waals surface area (Å²) < 4.78 is 64.1. The Labute approximate surface area is 123 Å². The molecule has 9 heteroatoms. The molecule has 1 rings (SSSR count). The van der Waals surface area contributed by atoms with E-state index in [-0.39, 0.29) is 16.8 Å². The first-order chi connectivity index (χ1) is 9.15. The summed E-state index contributed by atoms with van der Waals surface area (Å²) in [5.74, 6) is -0.297. The van der Waals surface area contributed by atoms with Gasteiger partial charge in [-0.25, -0.2) is 8.42 Å². The summed E-state index contributed by atoms with van der Waals surface area (Å²) in [5.41, 5.74) is -1.50. The molecule has 0 aromatic heterocycles. The third-order valence-electron chi connectivity index (χ3n) is 2.35. The zero-order valence-electron chi connectivity index (χ0n) is 10.6. The molecule has 0 saturated carbocycles. The van der Waals surface area contributed by atoms with Crippen LogP contribution < -0.4 is 10.0 Å². The molecule has 0 heterocycles. The van der Waals surface area contributed by atoms with Crippen LogP contribution in [0.15, 0.2) is 22.7 Å². The van der Waals surface area contributed by atoms with Gasteiger partial charge in [-0.15, -0.1) is 0 Å². The Bertz CT molecular complexity index is 561. The van der Waals surface area contributed by atoms with Crippen LogP contribution in [0.25, 0.3) is 0 Å². The molecule has 2 N–H and O–H groups in total. The van der Waals surface area contributed by atoms with Crippen molar-refractivity contribution in [1.82, 2.24) is 5.32 Å². The molecule has 0 atom stereocenters. The SMILES string of the molecule is CCNCCS(=O)(=O)Nc1ccc(Br)cc1C(F)(F)F. The summed E-state index contributed by atoms with van der Waals surface area (Å²) in [7, 11) is -3.83. The van der Waals surface area contributed by atoms with Gasteiger partial charge in [-0.1, -0.05) is 22.9 Å². The van der Waals surface area contributed by atoms with E-state index >= 15 is 0 Å². The van der Waals surface area contributed by atoms with Gasteiger partial charge in [0.25, 0.3) is 0 Å². The molecule has 114 valence electrons. The van der Waals surface area contributed by atoms with Crippen molar-refractivity contribution in [2.24, 2.45) is 0 Å². The molecule has 4 nitrogen and oxygen atoms in total. The molecular formula is C11H14BrF3N2O2S. The molecule has 0 unspecified atom stereocenters. The van der Waals surface area contributed by atoms with Crippen LogP contribution in [0.2, 0.25) is 0 Å². The molecule has 1 aromatic carbocycles. The van der Waals surface area contributed by atoms with E-state index in [2.05, 4.69) is 21.2 Å². The lowest BCUT2D eigenvalue weighted by molar-refractivity contribution is -0.136. The Kier molecular flexibility index (Phi) is 5.84. The summed E-state index contributed by atoms with van der Waals surface area (Å²) in [6, 6.07) is 3.26. The second-order valence-electron chi connectivity index (χ2n) is 3.96. The van der Waals surface area contributed by atoms with E-state index in [1.807, 2.05) is 4.72 Å². The first-order valence-corrected chi connectivity index (χ1v) is 8.18. The van der Waals surface area contributed by atoms with Crippen molar-refractivity contribution in [3.8, 4) is 0 Å². The normalized spacial score (nSPS) is 12.4. The maximum absolute atomic E-state index is 12.8. The van der Waals surface area contributed by atoms with E-state index in [0.29, 0.717) is 6.54 Å². The van der Waals surface area contributed by atoms with E-state index in [1.54, 1.807) is 6.92 Å². The van der Waals surface area contributed by atoms with Crippen LogP contribution in [-0.4, -0.2) is 27.3 Å². The first-order valence-electron chi connectivity index (χ1n) is 5.73. The quantitative estimate of drug-likeness (QED) is 0.752. The van der Waals surface area contributed by atoms with E-state index in [9.17, 15) is 21.6 Å². The smallest absolute Gasteiger partial charge is 0.316 e. The van der Waals surface area contributed by atoms with Gasteiger partial charge < -0.3 is 5.32 Å². The van der Waals surface area contributed by atoms with E-state index in [1.165, 1.54) is 6.07 Å². The largest absolute Gasteiger partial charge is 0.418 e. The predicted molar refractivity (Wildman–Crippen MR) is 75.1 cm³/mol. The fraction of sp³-hybridized carbons (Fsp3) is 0.455. The first kappa shape index (κ1) is 17.3. The Hall–Kier alpha value is -0.800. The van der Waals surface area contributed by atoms with Crippen molar-refractivity contribution in [3.63, 3.8) is 0 Å². The van der Waals surface area contributed by atoms with Crippen LogP contribution in [0.4, 0.5) is 18.9 Å². The van der Waals surface area contributed by atoms with Crippen LogP contribution in [0.1, 0.15) is 12.5 Å². The average molecular weight is 375 g/mol. The fourth-order valence-electron chi connectivity index (χ4n) is 1.44. The Morgan fingerprint density at radius 3 is 2.50 bits per heavy atom. The van der Waals surface area contributed by atoms with Gasteiger partial charge in [-0.3, -0.25) is 4.72 Å². The van der Waals surface area contributed by atoms with Gasteiger partial charge in [-0.2, -0.15) is 13.2 Å². The number of hydrogen-bond acceptors (Lipinski definition) is 3. The van der Waals surface area contributed by atoms with Crippen LogP contribution in [0.3, 0.4) is 0 Å². The third kappa shape index (κ3) is 5.29. The number of alkyl halides is 3. The Balaban J connectivity index is 2.98. The molecule has 0 aliphatic heterocycles. The van der Waals surface area contributed by atoms with Crippen LogP contribution in [0.5, 0.6) is 0 Å². The van der Waals surface area contributed by atoms with Gasteiger partial charge in [0.1, 0.15) is 0 Å². The highest BCUT2D eigenvalue weighted by molar-refractivity contribution is 9.10. The second kappa shape index (κ2) is 6.77. The molecule has 0 aliphatic rings. The summed E-state index contributed by atoms with van der Waals surface area (Å²) in [6.07, 6.45) is -4.64. The molecule has 0 spiro atoms. The molecule has 0 amide bonds. The van der Waals surface area contributed by atoms with Crippen molar-refractivity contribution in [2.45, 2.75) is 13.1 Å². The number of anilines is 1. The predicted octanol–water partition coefficient (Wildman–Crippen LogP) is 2.82. The van der Waals surface area contributed by atoms with E-state index < -0.39 is 27.5 Å². The summed E-state index contributed by atoms with van der Waals surface area (Å²) in [6.45, 7) is 2.56. The Morgan fingerprint density at radius 2 is 1.95 bits per heavy atom. The van der Waals surface area contributed by atoms with Gasteiger partial charge in [0.2, 0.25) is 10.0 Å². The topological polar surface area (TPSA) is 58.2 Å². The minimum atomic E-state index is -4.64. The zero-order chi connectivity index (χ0) is 15.4. The van der Waals surface area contributed by atoms with Crippen molar-refractivity contribution in [2.75, 3.05) is 23.6 Å². The molecule has 0 saturated heterocycles. The minimum Gasteiger partial charge on any atom is -0.316 e. The highest BCUT2D eigenvalue weighted by Crippen LogP contribution is 2.36. The molecule has 1 aromatic rings. The lowest BCUT2D eigenvalue weighted by Gasteiger charge is -2.15. The molecule has 0 bridgehead atoms. The minimum absolute atomic E-state index is 0.170. The van der Waals surface area contributed by atoms with Crippen LogP contribution >= 0.6 is 15.9 Å². The summed E-state index contributed by atoms with van der Waals surface area (Å²) in [5, 5.41) is 2.80. The molecule has 0 fully saturated rings. The van der Waals surface area contributed by atoms with Crippen LogP contribution in [0, 0.1) is 0 Å². The lowest BCUT2D eigenvalue weighted by atomic mass is 10.2. The molecule has 20 heavy (non-hydrogen) atoms.